The van der Waals surface area contributed by atoms with Gasteiger partial charge in [-0.3, -0.25) is 4.90 Å². The van der Waals surface area contributed by atoms with Crippen LogP contribution in [0, 0.1) is 0 Å². The Labute approximate surface area is 143 Å². The molecule has 0 bridgehead atoms. The van der Waals surface area contributed by atoms with Gasteiger partial charge in [0.25, 0.3) is 0 Å². The van der Waals surface area contributed by atoms with E-state index in [4.69, 9.17) is 0 Å². The summed E-state index contributed by atoms with van der Waals surface area (Å²) in [5.74, 6) is 0. The van der Waals surface area contributed by atoms with Gasteiger partial charge in [0.15, 0.2) is 5.69 Å². The molecule has 0 amide bonds. The van der Waals surface area contributed by atoms with E-state index in [0.717, 1.165) is 17.3 Å². The topological polar surface area (TPSA) is 21.1 Å². The van der Waals surface area contributed by atoms with Crippen LogP contribution in [0.25, 0.3) is 16.5 Å². The summed E-state index contributed by atoms with van der Waals surface area (Å²) in [4.78, 5) is 2.14. The van der Waals surface area contributed by atoms with Crippen molar-refractivity contribution >= 4 is 10.8 Å². The highest BCUT2D eigenvalue weighted by Gasteiger charge is 2.40. The van der Waals surface area contributed by atoms with Gasteiger partial charge in [0.2, 0.25) is 0 Å². The Balaban J connectivity index is 1.89. The fraction of sp³-hybridized carbons (Fsp3) is 0.316. The quantitative estimate of drug-likeness (QED) is 0.685. The molecule has 3 nitrogen and oxygen atoms in total. The molecule has 0 atom stereocenters. The van der Waals surface area contributed by atoms with Crippen molar-refractivity contribution in [2.45, 2.75) is 26.1 Å². The molecule has 130 valence electrons. The van der Waals surface area contributed by atoms with Gasteiger partial charge in [-0.25, -0.2) is 4.68 Å². The fourth-order valence-electron chi connectivity index (χ4n) is 3.49. The van der Waals surface area contributed by atoms with Gasteiger partial charge >= 0.3 is 6.18 Å². The van der Waals surface area contributed by atoms with Gasteiger partial charge in [-0.15, -0.1) is 0 Å². The number of rotatable bonds is 2. The van der Waals surface area contributed by atoms with Crippen molar-refractivity contribution in [1.29, 1.82) is 0 Å². The Hall–Kier alpha value is -2.34. The number of benzene rings is 2. The van der Waals surface area contributed by atoms with Gasteiger partial charge in [0, 0.05) is 18.7 Å². The van der Waals surface area contributed by atoms with Gasteiger partial charge in [0.1, 0.15) is 0 Å². The van der Waals surface area contributed by atoms with Crippen LogP contribution >= 0.6 is 0 Å². The average molecular weight is 345 g/mol. The summed E-state index contributed by atoms with van der Waals surface area (Å²) in [6, 6.07) is 13.5. The average Bonchev–Trinajstić information content (AvgIpc) is 3.00. The molecule has 4 rings (SSSR count). The lowest BCUT2D eigenvalue weighted by Gasteiger charge is -2.26. The molecule has 0 saturated heterocycles. The highest BCUT2D eigenvalue weighted by atomic mass is 19.4. The van der Waals surface area contributed by atoms with E-state index < -0.39 is 11.9 Å². The van der Waals surface area contributed by atoms with Crippen molar-refractivity contribution in [2.75, 3.05) is 13.1 Å². The second-order valence-corrected chi connectivity index (χ2v) is 6.33. The van der Waals surface area contributed by atoms with Crippen molar-refractivity contribution < 1.29 is 13.2 Å². The predicted molar refractivity (Wildman–Crippen MR) is 90.7 cm³/mol. The van der Waals surface area contributed by atoms with Gasteiger partial charge in [-0.2, -0.15) is 18.3 Å². The number of likely N-dealkylation sites (N-methyl/N-ethyl adjacent to an activating group) is 1. The number of hydrogen-bond acceptors (Lipinski definition) is 2. The van der Waals surface area contributed by atoms with Crippen LogP contribution in [0.3, 0.4) is 0 Å². The zero-order valence-corrected chi connectivity index (χ0v) is 13.8. The van der Waals surface area contributed by atoms with Crippen LogP contribution in [0.2, 0.25) is 0 Å². The molecule has 2 aromatic carbocycles. The SMILES string of the molecule is CCN1CCc2c(C(F)(F)F)nn(-c3ccc4ccccc4c3)c2C1. The molecular formula is C19H18F3N3. The van der Waals surface area contributed by atoms with E-state index in [9.17, 15) is 13.2 Å². The van der Waals surface area contributed by atoms with Crippen molar-refractivity contribution in [2.24, 2.45) is 0 Å². The van der Waals surface area contributed by atoms with Gasteiger partial charge in [-0.05, 0) is 35.9 Å². The molecule has 0 radical (unpaired) electrons. The Bertz CT molecular complexity index is 927. The van der Waals surface area contributed by atoms with E-state index in [1.165, 1.54) is 4.68 Å². The molecule has 1 aliphatic heterocycles. The minimum absolute atomic E-state index is 0.338. The van der Waals surface area contributed by atoms with Gasteiger partial charge in [-0.1, -0.05) is 37.3 Å². The summed E-state index contributed by atoms with van der Waals surface area (Å²) in [7, 11) is 0. The van der Waals surface area contributed by atoms with Crippen molar-refractivity contribution in [3.05, 3.63) is 59.4 Å². The zero-order valence-electron chi connectivity index (χ0n) is 13.8. The minimum atomic E-state index is -4.43. The molecule has 1 aromatic heterocycles. The third-order valence-corrected chi connectivity index (χ3v) is 4.83. The maximum atomic E-state index is 13.4. The first kappa shape index (κ1) is 16.1. The first-order valence-corrected chi connectivity index (χ1v) is 8.37. The van der Waals surface area contributed by atoms with Crippen molar-refractivity contribution in [3.8, 4) is 5.69 Å². The smallest absolute Gasteiger partial charge is 0.297 e. The molecule has 0 unspecified atom stereocenters. The number of fused-ring (bicyclic) bond motifs is 2. The Morgan fingerprint density at radius 1 is 1.08 bits per heavy atom. The van der Waals surface area contributed by atoms with E-state index in [0.29, 0.717) is 36.5 Å². The minimum Gasteiger partial charge on any atom is -0.297 e. The van der Waals surface area contributed by atoms with Crippen LogP contribution in [0.1, 0.15) is 23.9 Å². The van der Waals surface area contributed by atoms with E-state index in [-0.39, 0.29) is 0 Å². The number of nitrogens with zero attached hydrogens (tertiary/aromatic N) is 3. The molecular weight excluding hydrogens is 327 g/mol. The Morgan fingerprint density at radius 2 is 1.84 bits per heavy atom. The summed E-state index contributed by atoms with van der Waals surface area (Å²) < 4.78 is 41.8. The van der Waals surface area contributed by atoms with E-state index >= 15 is 0 Å². The summed E-state index contributed by atoms with van der Waals surface area (Å²) in [5.41, 5.74) is 0.913. The summed E-state index contributed by atoms with van der Waals surface area (Å²) in [5, 5.41) is 6.02. The standard InChI is InChI=1S/C19H18F3N3/c1-2-24-10-9-16-17(12-24)25(23-18(16)19(20,21)22)15-8-7-13-5-3-4-6-14(13)11-15/h3-8,11H,2,9-10,12H2,1H3. The molecule has 25 heavy (non-hydrogen) atoms. The maximum Gasteiger partial charge on any atom is 0.435 e. The first-order valence-electron chi connectivity index (χ1n) is 8.37. The highest BCUT2D eigenvalue weighted by Crippen LogP contribution is 2.36. The molecule has 6 heteroatoms. The number of hydrogen-bond donors (Lipinski definition) is 0. The van der Waals surface area contributed by atoms with Crippen LogP contribution < -0.4 is 0 Å². The highest BCUT2D eigenvalue weighted by molar-refractivity contribution is 5.84. The third kappa shape index (κ3) is 2.80. The second kappa shape index (κ2) is 5.88. The van der Waals surface area contributed by atoms with Crippen LogP contribution in [-0.2, 0) is 19.1 Å². The van der Waals surface area contributed by atoms with Crippen molar-refractivity contribution in [3.63, 3.8) is 0 Å². The Morgan fingerprint density at radius 3 is 2.56 bits per heavy atom. The molecule has 0 N–H and O–H groups in total. The van der Waals surface area contributed by atoms with Crippen molar-refractivity contribution in [1.82, 2.24) is 14.7 Å². The summed E-state index contributed by atoms with van der Waals surface area (Å²) in [6.07, 6.45) is -4.05. The van der Waals surface area contributed by atoms with Crippen LogP contribution in [0.15, 0.2) is 42.5 Å². The van der Waals surface area contributed by atoms with Crippen LogP contribution in [0.4, 0.5) is 13.2 Å². The lowest BCUT2D eigenvalue weighted by atomic mass is 10.0. The fourth-order valence-corrected chi connectivity index (χ4v) is 3.49. The zero-order chi connectivity index (χ0) is 17.6. The predicted octanol–water partition coefficient (Wildman–Crippen LogP) is 4.42. The maximum absolute atomic E-state index is 13.4. The lowest BCUT2D eigenvalue weighted by molar-refractivity contribution is -0.142. The molecule has 2 heterocycles. The molecule has 0 aliphatic carbocycles. The Kier molecular flexibility index (Phi) is 3.80. The normalized spacial score (nSPS) is 15.5. The second-order valence-electron chi connectivity index (χ2n) is 6.33. The number of alkyl halides is 3. The number of aromatic nitrogens is 2. The van der Waals surface area contributed by atoms with Crippen LogP contribution in [-0.4, -0.2) is 27.8 Å². The van der Waals surface area contributed by atoms with E-state index in [2.05, 4.69) is 10.00 Å². The largest absolute Gasteiger partial charge is 0.435 e. The molecule has 0 spiro atoms. The first-order chi connectivity index (χ1) is 12.0. The summed E-state index contributed by atoms with van der Waals surface area (Å²) >= 11 is 0. The summed E-state index contributed by atoms with van der Waals surface area (Å²) in [6.45, 7) is 3.95. The van der Waals surface area contributed by atoms with Crippen LogP contribution in [0.5, 0.6) is 0 Å². The van der Waals surface area contributed by atoms with E-state index in [1.54, 1.807) is 0 Å². The lowest BCUT2D eigenvalue weighted by Crippen LogP contribution is -2.31. The van der Waals surface area contributed by atoms with Gasteiger partial charge < -0.3 is 0 Å². The molecule has 0 fully saturated rings. The molecule has 1 aliphatic rings. The molecule has 3 aromatic rings. The van der Waals surface area contributed by atoms with E-state index in [1.807, 2.05) is 49.4 Å². The molecule has 0 saturated carbocycles. The van der Waals surface area contributed by atoms with Gasteiger partial charge in [0.05, 0.1) is 11.4 Å². The monoisotopic (exact) mass is 345 g/mol. The number of halogens is 3. The third-order valence-electron chi connectivity index (χ3n) is 4.83.